The minimum absolute atomic E-state index is 0.0342. The minimum Gasteiger partial charge on any atom is -0.270 e. The van der Waals surface area contributed by atoms with Crippen molar-refractivity contribution in [2.45, 2.75) is 25.3 Å². The zero-order chi connectivity index (χ0) is 16.9. The average Bonchev–Trinajstić information content (AvgIpc) is 2.58. The van der Waals surface area contributed by atoms with Gasteiger partial charge in [-0.2, -0.15) is 8.78 Å². The largest absolute Gasteiger partial charge is 0.297 e. The number of fused-ring (bicyclic) bond motifs is 2. The van der Waals surface area contributed by atoms with Crippen molar-refractivity contribution in [3.8, 4) is 0 Å². The van der Waals surface area contributed by atoms with Gasteiger partial charge in [-0.15, -0.1) is 0 Å². The van der Waals surface area contributed by atoms with Crippen LogP contribution in [0, 0.1) is 0 Å². The van der Waals surface area contributed by atoms with Crippen LogP contribution >= 0.6 is 0 Å². The average molecular weight is 324 g/mol. The Morgan fingerprint density at radius 2 is 1.75 bits per heavy atom. The molecule has 0 atom stereocenters. The van der Waals surface area contributed by atoms with Gasteiger partial charge in [-0.3, -0.25) is 4.99 Å². The molecule has 120 valence electrons. The van der Waals surface area contributed by atoms with E-state index in [1.165, 1.54) is 26.1 Å². The monoisotopic (exact) mass is 324 g/mol. The second kappa shape index (κ2) is 4.87. The maximum Gasteiger partial charge on any atom is 0.297 e. The number of aliphatic imine (C=N–C) groups is 1. The molecule has 2 aromatic heterocycles. The molecule has 4 rings (SSSR count). The Kier molecular flexibility index (Phi) is 3.00. The molecule has 0 fully saturated rings. The molecule has 6 heteroatoms. The summed E-state index contributed by atoms with van der Waals surface area (Å²) < 4.78 is 29.5. The second-order valence-electron chi connectivity index (χ2n) is 6.24. The molecule has 0 saturated heterocycles. The number of hydrogen-bond acceptors (Lipinski definition) is 4. The number of nitrogens with zero attached hydrogens (tertiary/aromatic N) is 4. The highest BCUT2D eigenvalue weighted by molar-refractivity contribution is 6.14. The molecule has 0 N–H and O–H groups in total. The van der Waals surface area contributed by atoms with E-state index in [2.05, 4.69) is 19.9 Å². The van der Waals surface area contributed by atoms with Crippen LogP contribution in [0.25, 0.3) is 11.2 Å². The van der Waals surface area contributed by atoms with E-state index in [4.69, 9.17) is 0 Å². The zero-order valence-corrected chi connectivity index (χ0v) is 13.2. The standard InChI is InChI=1S/C18H14F2N4/c1-17(2)18(19,20)12-7-4-3-6-11(12)15(24-17)14-10-22-16-13(23-14)8-5-9-21-16/h3-10H,1-2H3. The predicted octanol–water partition coefficient (Wildman–Crippen LogP) is 3.75. The summed E-state index contributed by atoms with van der Waals surface area (Å²) in [6, 6.07) is 9.97. The maximum absolute atomic E-state index is 14.8. The molecule has 1 aromatic carbocycles. The zero-order valence-electron chi connectivity index (χ0n) is 13.2. The Morgan fingerprint density at radius 1 is 0.958 bits per heavy atom. The number of halogens is 2. The van der Waals surface area contributed by atoms with Crippen molar-refractivity contribution in [1.29, 1.82) is 0 Å². The van der Waals surface area contributed by atoms with Crippen molar-refractivity contribution in [2.75, 3.05) is 0 Å². The molecule has 0 spiro atoms. The van der Waals surface area contributed by atoms with Gasteiger partial charge in [0.05, 0.1) is 11.9 Å². The molecule has 0 unspecified atom stereocenters. The molecular weight excluding hydrogens is 310 g/mol. The Bertz CT molecular complexity index is 979. The van der Waals surface area contributed by atoms with E-state index >= 15 is 0 Å². The van der Waals surface area contributed by atoms with E-state index in [1.807, 2.05) is 0 Å². The first-order valence-electron chi connectivity index (χ1n) is 7.56. The summed E-state index contributed by atoms with van der Waals surface area (Å²) in [5, 5.41) is 0. The van der Waals surface area contributed by atoms with Gasteiger partial charge >= 0.3 is 0 Å². The van der Waals surface area contributed by atoms with Crippen molar-refractivity contribution in [2.24, 2.45) is 4.99 Å². The van der Waals surface area contributed by atoms with Crippen molar-refractivity contribution in [3.05, 3.63) is 65.6 Å². The first-order valence-corrected chi connectivity index (χ1v) is 7.56. The van der Waals surface area contributed by atoms with Crippen molar-refractivity contribution in [3.63, 3.8) is 0 Å². The first-order chi connectivity index (χ1) is 11.4. The summed E-state index contributed by atoms with van der Waals surface area (Å²) in [6.45, 7) is 2.86. The van der Waals surface area contributed by atoms with Gasteiger partial charge in [0.15, 0.2) is 5.65 Å². The fourth-order valence-corrected chi connectivity index (χ4v) is 2.87. The van der Waals surface area contributed by atoms with Crippen LogP contribution in [0.5, 0.6) is 0 Å². The predicted molar refractivity (Wildman–Crippen MR) is 87.4 cm³/mol. The SMILES string of the molecule is CC1(C)N=C(c2cnc3ncccc3n2)c2ccccc2C1(F)F. The summed E-state index contributed by atoms with van der Waals surface area (Å²) in [5.41, 5.74) is 0.794. The van der Waals surface area contributed by atoms with Gasteiger partial charge in [-0.05, 0) is 26.0 Å². The number of benzene rings is 1. The lowest BCUT2D eigenvalue weighted by molar-refractivity contribution is -0.0682. The van der Waals surface area contributed by atoms with Gasteiger partial charge < -0.3 is 0 Å². The molecule has 0 bridgehead atoms. The van der Waals surface area contributed by atoms with Crippen LogP contribution in [-0.2, 0) is 5.92 Å². The summed E-state index contributed by atoms with van der Waals surface area (Å²) in [6.07, 6.45) is 3.16. The number of rotatable bonds is 1. The van der Waals surface area contributed by atoms with Gasteiger partial charge in [0, 0.05) is 17.3 Å². The van der Waals surface area contributed by atoms with Crippen LogP contribution in [0.15, 0.2) is 53.8 Å². The summed E-state index contributed by atoms with van der Waals surface area (Å²) in [5.74, 6) is -3.06. The molecular formula is C18H14F2N4. The molecule has 0 saturated carbocycles. The van der Waals surface area contributed by atoms with E-state index in [-0.39, 0.29) is 5.56 Å². The lowest BCUT2D eigenvalue weighted by Crippen LogP contribution is -2.44. The van der Waals surface area contributed by atoms with Crippen LogP contribution in [0.3, 0.4) is 0 Å². The summed E-state index contributed by atoms with van der Waals surface area (Å²) in [7, 11) is 0. The quantitative estimate of drug-likeness (QED) is 0.685. The van der Waals surface area contributed by atoms with Gasteiger partial charge in [-0.25, -0.2) is 15.0 Å². The molecule has 0 aliphatic carbocycles. The fourth-order valence-electron chi connectivity index (χ4n) is 2.87. The highest BCUT2D eigenvalue weighted by Crippen LogP contribution is 2.46. The Morgan fingerprint density at radius 3 is 2.58 bits per heavy atom. The van der Waals surface area contributed by atoms with Crippen LogP contribution < -0.4 is 0 Å². The van der Waals surface area contributed by atoms with E-state index in [0.29, 0.717) is 28.1 Å². The Balaban J connectivity index is 1.98. The third-order valence-electron chi connectivity index (χ3n) is 4.24. The molecule has 0 radical (unpaired) electrons. The molecule has 4 nitrogen and oxygen atoms in total. The van der Waals surface area contributed by atoms with Crippen LogP contribution in [-0.4, -0.2) is 26.2 Å². The van der Waals surface area contributed by atoms with Crippen LogP contribution in [0.1, 0.15) is 30.7 Å². The van der Waals surface area contributed by atoms with Crippen molar-refractivity contribution < 1.29 is 8.78 Å². The van der Waals surface area contributed by atoms with E-state index in [1.54, 1.807) is 36.5 Å². The number of hydrogen-bond donors (Lipinski definition) is 0. The Hall–Kier alpha value is -2.76. The molecule has 24 heavy (non-hydrogen) atoms. The maximum atomic E-state index is 14.8. The van der Waals surface area contributed by atoms with Gasteiger partial charge in [0.1, 0.15) is 16.7 Å². The topological polar surface area (TPSA) is 51.0 Å². The van der Waals surface area contributed by atoms with Gasteiger partial charge in [-0.1, -0.05) is 24.3 Å². The lowest BCUT2D eigenvalue weighted by atomic mass is 9.82. The van der Waals surface area contributed by atoms with Gasteiger partial charge in [0.25, 0.3) is 5.92 Å². The van der Waals surface area contributed by atoms with Crippen LogP contribution in [0.2, 0.25) is 0 Å². The van der Waals surface area contributed by atoms with E-state index in [0.717, 1.165) is 0 Å². The fraction of sp³-hybridized carbons (Fsp3) is 0.222. The second-order valence-corrected chi connectivity index (χ2v) is 6.24. The normalized spacial score (nSPS) is 18.1. The van der Waals surface area contributed by atoms with Crippen molar-refractivity contribution >= 4 is 16.9 Å². The highest BCUT2D eigenvalue weighted by atomic mass is 19.3. The molecule has 0 amide bonds. The number of alkyl halides is 2. The van der Waals surface area contributed by atoms with Crippen LogP contribution in [0.4, 0.5) is 8.78 Å². The number of aromatic nitrogens is 3. The van der Waals surface area contributed by atoms with E-state index < -0.39 is 11.5 Å². The summed E-state index contributed by atoms with van der Waals surface area (Å²) in [4.78, 5) is 17.2. The lowest BCUT2D eigenvalue weighted by Gasteiger charge is -2.36. The molecule has 1 aliphatic rings. The highest BCUT2D eigenvalue weighted by Gasteiger charge is 2.52. The van der Waals surface area contributed by atoms with Gasteiger partial charge in [0.2, 0.25) is 0 Å². The molecule has 1 aliphatic heterocycles. The molecule has 3 heterocycles. The third kappa shape index (κ3) is 2.02. The Labute approximate surface area is 137 Å². The minimum atomic E-state index is -3.06. The third-order valence-corrected chi connectivity index (χ3v) is 4.24. The number of pyridine rings is 1. The smallest absolute Gasteiger partial charge is 0.270 e. The van der Waals surface area contributed by atoms with E-state index in [9.17, 15) is 8.78 Å². The first kappa shape index (κ1) is 14.8. The molecule has 3 aromatic rings. The summed E-state index contributed by atoms with van der Waals surface area (Å²) >= 11 is 0. The van der Waals surface area contributed by atoms with Crippen molar-refractivity contribution in [1.82, 2.24) is 15.0 Å².